The second-order valence-corrected chi connectivity index (χ2v) is 4.21. The lowest BCUT2D eigenvalue weighted by Gasteiger charge is -2.07. The number of carbonyl (C=O) groups is 1. The summed E-state index contributed by atoms with van der Waals surface area (Å²) in [6, 6.07) is 7.37. The summed E-state index contributed by atoms with van der Waals surface area (Å²) >= 11 is 0. The van der Waals surface area contributed by atoms with Crippen molar-refractivity contribution in [3.8, 4) is 11.8 Å². The van der Waals surface area contributed by atoms with Gasteiger partial charge in [0.05, 0.1) is 0 Å². The molecule has 0 aromatic heterocycles. The monoisotopic (exact) mass is 202 g/mol. The van der Waals surface area contributed by atoms with Gasteiger partial charge < -0.3 is 0 Å². The summed E-state index contributed by atoms with van der Waals surface area (Å²) in [7, 11) is 0. The molecule has 0 unspecified atom stereocenters. The van der Waals surface area contributed by atoms with Crippen molar-refractivity contribution in [1.29, 1.82) is 0 Å². The zero-order valence-electron chi connectivity index (χ0n) is 8.79. The van der Waals surface area contributed by atoms with Gasteiger partial charge in [-0.25, -0.2) is 0 Å². The van der Waals surface area contributed by atoms with E-state index in [2.05, 4.69) is 11.8 Å². The summed E-state index contributed by atoms with van der Waals surface area (Å²) < 4.78 is 0. The van der Waals surface area contributed by atoms with Crippen LogP contribution in [0.4, 0.5) is 0 Å². The molecule has 0 saturated carbocycles. The largest absolute Gasteiger partial charge is 0.298 e. The molecule has 0 heterocycles. The number of rotatable bonds is 1. The highest BCUT2D eigenvalue weighted by Crippen LogP contribution is 2.11. The second kappa shape index (κ2) is 5.36. The molecule has 0 saturated heterocycles. The molecule has 1 heteroatoms. The Hall–Kier alpha value is -1.55. The molecule has 0 N–H and O–H groups in total. The molecule has 80 valence electrons. The maximum Gasteiger partial charge on any atom is 0.151 e. The van der Waals surface area contributed by atoms with Crippen molar-refractivity contribution in [2.45, 2.75) is 28.2 Å². The SMILES string of the molecule is C.CC(C)(C)C#Cc1ccccc1C=O. The Kier molecular flexibility index (Phi) is 4.81. The summed E-state index contributed by atoms with van der Waals surface area (Å²) in [5.74, 6) is 6.13. The summed E-state index contributed by atoms with van der Waals surface area (Å²) in [6.45, 7) is 6.14. The van der Waals surface area contributed by atoms with Gasteiger partial charge in [-0.3, -0.25) is 4.79 Å². The van der Waals surface area contributed by atoms with Gasteiger partial charge in [-0.1, -0.05) is 37.5 Å². The fourth-order valence-corrected chi connectivity index (χ4v) is 0.968. The van der Waals surface area contributed by atoms with Crippen LogP contribution in [-0.4, -0.2) is 6.29 Å². The van der Waals surface area contributed by atoms with Crippen LogP contribution in [0.1, 0.15) is 44.1 Å². The maximum atomic E-state index is 10.7. The molecule has 0 spiro atoms. The Bertz CT molecular complexity index is 386. The van der Waals surface area contributed by atoms with E-state index in [9.17, 15) is 4.79 Å². The minimum Gasteiger partial charge on any atom is -0.298 e. The van der Waals surface area contributed by atoms with Crippen molar-refractivity contribution in [3.05, 3.63) is 35.4 Å². The topological polar surface area (TPSA) is 17.1 Å². The quantitative estimate of drug-likeness (QED) is 0.503. The molecular formula is C14H18O. The van der Waals surface area contributed by atoms with E-state index in [0.29, 0.717) is 5.56 Å². The zero-order valence-corrected chi connectivity index (χ0v) is 8.79. The van der Waals surface area contributed by atoms with Crippen molar-refractivity contribution in [1.82, 2.24) is 0 Å². The highest BCUT2D eigenvalue weighted by atomic mass is 16.1. The summed E-state index contributed by atoms with van der Waals surface area (Å²) in [6.07, 6.45) is 0.840. The van der Waals surface area contributed by atoms with E-state index in [1.165, 1.54) is 0 Å². The number of benzene rings is 1. The average molecular weight is 202 g/mol. The van der Waals surface area contributed by atoms with Gasteiger partial charge in [-0.2, -0.15) is 0 Å². The van der Waals surface area contributed by atoms with Gasteiger partial charge in [-0.05, 0) is 26.8 Å². The number of carbonyl (C=O) groups excluding carboxylic acids is 1. The third kappa shape index (κ3) is 4.46. The molecular weight excluding hydrogens is 184 g/mol. The van der Waals surface area contributed by atoms with Gasteiger partial charge in [0.1, 0.15) is 0 Å². The molecule has 0 aliphatic carbocycles. The van der Waals surface area contributed by atoms with Gasteiger partial charge in [-0.15, -0.1) is 0 Å². The Morgan fingerprint density at radius 1 is 1.20 bits per heavy atom. The Morgan fingerprint density at radius 2 is 1.80 bits per heavy atom. The van der Waals surface area contributed by atoms with Crippen molar-refractivity contribution >= 4 is 6.29 Å². The average Bonchev–Trinajstić information content (AvgIpc) is 2.14. The molecule has 0 fully saturated rings. The van der Waals surface area contributed by atoms with E-state index in [0.717, 1.165) is 11.8 Å². The molecule has 0 bridgehead atoms. The maximum absolute atomic E-state index is 10.7. The molecule has 0 radical (unpaired) electrons. The lowest BCUT2D eigenvalue weighted by molar-refractivity contribution is 0.112. The second-order valence-electron chi connectivity index (χ2n) is 4.21. The first-order valence-corrected chi connectivity index (χ1v) is 4.60. The fourth-order valence-electron chi connectivity index (χ4n) is 0.968. The lowest BCUT2D eigenvalue weighted by atomic mass is 9.97. The Labute approximate surface area is 92.5 Å². The van der Waals surface area contributed by atoms with Crippen molar-refractivity contribution in [2.24, 2.45) is 5.41 Å². The minimum absolute atomic E-state index is 0. The molecule has 1 aromatic carbocycles. The molecule has 0 aliphatic heterocycles. The minimum atomic E-state index is -0.0318. The summed E-state index contributed by atoms with van der Waals surface area (Å²) in [5, 5.41) is 0. The predicted octanol–water partition coefficient (Wildman–Crippen LogP) is 3.53. The van der Waals surface area contributed by atoms with Crippen LogP contribution in [0, 0.1) is 17.3 Å². The van der Waals surface area contributed by atoms with E-state index in [1.54, 1.807) is 6.07 Å². The lowest BCUT2D eigenvalue weighted by Crippen LogP contribution is -1.99. The third-order valence-electron chi connectivity index (χ3n) is 1.66. The highest BCUT2D eigenvalue weighted by molar-refractivity contribution is 5.79. The van der Waals surface area contributed by atoms with E-state index < -0.39 is 0 Å². The number of hydrogen-bond donors (Lipinski definition) is 0. The van der Waals surface area contributed by atoms with Gasteiger partial charge in [0.25, 0.3) is 0 Å². The normalized spacial score (nSPS) is 9.53. The van der Waals surface area contributed by atoms with Crippen molar-refractivity contribution < 1.29 is 4.79 Å². The molecule has 1 rings (SSSR count). The molecule has 0 amide bonds. The van der Waals surface area contributed by atoms with Gasteiger partial charge in [0, 0.05) is 16.5 Å². The van der Waals surface area contributed by atoms with Crippen LogP contribution in [0.25, 0.3) is 0 Å². The van der Waals surface area contributed by atoms with Crippen LogP contribution < -0.4 is 0 Å². The molecule has 0 aliphatic rings. The van der Waals surface area contributed by atoms with E-state index in [1.807, 2.05) is 39.0 Å². The summed E-state index contributed by atoms with van der Waals surface area (Å²) in [5.41, 5.74) is 1.43. The van der Waals surface area contributed by atoms with E-state index >= 15 is 0 Å². The van der Waals surface area contributed by atoms with Crippen LogP contribution in [0.5, 0.6) is 0 Å². The van der Waals surface area contributed by atoms with Crippen LogP contribution >= 0.6 is 0 Å². The van der Waals surface area contributed by atoms with Gasteiger partial charge in [0.2, 0.25) is 0 Å². The first-order valence-electron chi connectivity index (χ1n) is 4.60. The highest BCUT2D eigenvalue weighted by Gasteiger charge is 2.04. The summed E-state index contributed by atoms with van der Waals surface area (Å²) in [4.78, 5) is 10.7. The predicted molar refractivity (Wildman–Crippen MR) is 64.9 cm³/mol. The Balaban J connectivity index is 0.00000196. The van der Waals surface area contributed by atoms with Crippen molar-refractivity contribution in [3.63, 3.8) is 0 Å². The Morgan fingerprint density at radius 3 is 2.33 bits per heavy atom. The first-order chi connectivity index (χ1) is 6.53. The fraction of sp³-hybridized carbons (Fsp3) is 0.357. The first kappa shape index (κ1) is 13.4. The molecule has 15 heavy (non-hydrogen) atoms. The van der Waals surface area contributed by atoms with Crippen LogP contribution in [0.3, 0.4) is 0 Å². The van der Waals surface area contributed by atoms with Gasteiger partial charge >= 0.3 is 0 Å². The zero-order chi connectivity index (χ0) is 10.6. The van der Waals surface area contributed by atoms with Crippen LogP contribution in [0.2, 0.25) is 0 Å². The van der Waals surface area contributed by atoms with E-state index in [4.69, 9.17) is 0 Å². The van der Waals surface area contributed by atoms with Crippen molar-refractivity contribution in [2.75, 3.05) is 0 Å². The molecule has 0 atom stereocenters. The standard InChI is InChI=1S/C13H14O.CH4/c1-13(2,3)9-8-11-6-4-5-7-12(11)10-14;/h4-7,10H,1-3H3;1H4. The number of aldehydes is 1. The third-order valence-corrected chi connectivity index (χ3v) is 1.66. The van der Waals surface area contributed by atoms with E-state index in [-0.39, 0.29) is 12.8 Å². The van der Waals surface area contributed by atoms with Gasteiger partial charge in [0.15, 0.2) is 6.29 Å². The number of hydrogen-bond acceptors (Lipinski definition) is 1. The van der Waals surface area contributed by atoms with Crippen LogP contribution in [0.15, 0.2) is 24.3 Å². The smallest absolute Gasteiger partial charge is 0.151 e. The molecule has 1 aromatic rings. The van der Waals surface area contributed by atoms with Crippen LogP contribution in [-0.2, 0) is 0 Å². The molecule has 1 nitrogen and oxygen atoms in total.